The first-order chi connectivity index (χ1) is 7.69. The van der Waals surface area contributed by atoms with Gasteiger partial charge < -0.3 is 11.1 Å². The summed E-state index contributed by atoms with van der Waals surface area (Å²) in [7, 11) is 0. The number of primary amides is 1. The average Bonchev–Trinajstić information content (AvgIpc) is 3.11. The summed E-state index contributed by atoms with van der Waals surface area (Å²) in [6.45, 7) is 2.01. The van der Waals surface area contributed by atoms with Crippen molar-refractivity contribution in [2.45, 2.75) is 31.7 Å². The molecule has 3 N–H and O–H groups in total. The lowest BCUT2D eigenvalue weighted by molar-refractivity contribution is -0.123. The van der Waals surface area contributed by atoms with E-state index in [0.29, 0.717) is 5.92 Å². The first-order valence-electron chi connectivity index (χ1n) is 5.82. The Hall–Kier alpha value is -1.51. The van der Waals surface area contributed by atoms with Crippen molar-refractivity contribution < 1.29 is 4.79 Å². The maximum Gasteiger partial charge on any atom is 0.243 e. The summed E-state index contributed by atoms with van der Waals surface area (Å²) in [5.41, 5.74) is 5.98. The standard InChI is InChI=1S/C13H18N2O/c1-2-13(12(14)16,10-8-9-10)15-11-6-4-3-5-7-11/h3-7,10,15H,2,8-9H2,1H3,(H2,14,16). The minimum absolute atomic E-state index is 0.235. The van der Waals surface area contributed by atoms with Gasteiger partial charge in [0.15, 0.2) is 0 Å². The number of anilines is 1. The fourth-order valence-electron chi connectivity index (χ4n) is 2.27. The Morgan fingerprint density at radius 2 is 2.06 bits per heavy atom. The van der Waals surface area contributed by atoms with Crippen LogP contribution in [0.1, 0.15) is 26.2 Å². The molecule has 0 spiro atoms. The van der Waals surface area contributed by atoms with Crippen LogP contribution in [0.4, 0.5) is 5.69 Å². The molecule has 3 heteroatoms. The number of carbonyl (C=O) groups is 1. The topological polar surface area (TPSA) is 55.1 Å². The zero-order valence-corrected chi connectivity index (χ0v) is 9.57. The monoisotopic (exact) mass is 218 g/mol. The second-order valence-corrected chi connectivity index (χ2v) is 4.45. The highest BCUT2D eigenvalue weighted by molar-refractivity contribution is 5.88. The van der Waals surface area contributed by atoms with E-state index in [0.717, 1.165) is 24.9 Å². The third-order valence-corrected chi connectivity index (χ3v) is 3.41. The van der Waals surface area contributed by atoms with E-state index in [1.165, 1.54) is 0 Å². The summed E-state index contributed by atoms with van der Waals surface area (Å²) in [6.07, 6.45) is 2.93. The average molecular weight is 218 g/mol. The van der Waals surface area contributed by atoms with Crippen molar-refractivity contribution in [3.8, 4) is 0 Å². The summed E-state index contributed by atoms with van der Waals surface area (Å²) < 4.78 is 0. The van der Waals surface area contributed by atoms with Crippen molar-refractivity contribution in [1.29, 1.82) is 0 Å². The number of hydrogen-bond acceptors (Lipinski definition) is 2. The minimum atomic E-state index is -0.554. The highest BCUT2D eigenvalue weighted by atomic mass is 16.1. The molecule has 1 fully saturated rings. The molecule has 1 unspecified atom stereocenters. The number of rotatable bonds is 5. The Morgan fingerprint density at radius 1 is 1.44 bits per heavy atom. The third kappa shape index (κ3) is 1.90. The van der Waals surface area contributed by atoms with Crippen molar-refractivity contribution in [3.05, 3.63) is 30.3 Å². The summed E-state index contributed by atoms with van der Waals surface area (Å²) in [5, 5.41) is 3.33. The molecule has 1 atom stereocenters. The van der Waals surface area contributed by atoms with Gasteiger partial charge in [0, 0.05) is 5.69 Å². The van der Waals surface area contributed by atoms with Crippen LogP contribution in [-0.2, 0) is 4.79 Å². The Morgan fingerprint density at radius 3 is 2.50 bits per heavy atom. The van der Waals surface area contributed by atoms with Crippen LogP contribution in [0.25, 0.3) is 0 Å². The zero-order chi connectivity index (χ0) is 11.6. The lowest BCUT2D eigenvalue weighted by atomic mass is 9.89. The molecule has 0 saturated heterocycles. The van der Waals surface area contributed by atoms with Crippen LogP contribution >= 0.6 is 0 Å². The molecule has 0 radical (unpaired) electrons. The Labute approximate surface area is 96.0 Å². The molecule has 86 valence electrons. The quantitative estimate of drug-likeness (QED) is 0.795. The zero-order valence-electron chi connectivity index (χ0n) is 9.57. The molecule has 1 saturated carbocycles. The largest absolute Gasteiger partial charge is 0.371 e. The van der Waals surface area contributed by atoms with Crippen LogP contribution in [-0.4, -0.2) is 11.4 Å². The first-order valence-corrected chi connectivity index (χ1v) is 5.82. The van der Waals surface area contributed by atoms with Crippen LogP contribution in [0.2, 0.25) is 0 Å². The van der Waals surface area contributed by atoms with E-state index in [-0.39, 0.29) is 5.91 Å². The fourth-order valence-corrected chi connectivity index (χ4v) is 2.27. The van der Waals surface area contributed by atoms with Gasteiger partial charge in [0.25, 0.3) is 0 Å². The SMILES string of the molecule is CCC(Nc1ccccc1)(C(N)=O)C1CC1. The molecular weight excluding hydrogens is 200 g/mol. The number of hydrogen-bond donors (Lipinski definition) is 2. The lowest BCUT2D eigenvalue weighted by Crippen LogP contribution is -2.52. The lowest BCUT2D eigenvalue weighted by Gasteiger charge is -2.31. The molecule has 2 rings (SSSR count). The van der Waals surface area contributed by atoms with Gasteiger partial charge in [0.2, 0.25) is 5.91 Å². The predicted octanol–water partition coefficient (Wildman–Crippen LogP) is 2.14. The van der Waals surface area contributed by atoms with Gasteiger partial charge in [-0.05, 0) is 37.3 Å². The second kappa shape index (κ2) is 4.16. The minimum Gasteiger partial charge on any atom is -0.371 e. The molecule has 1 aliphatic rings. The van der Waals surface area contributed by atoms with Gasteiger partial charge in [-0.3, -0.25) is 4.79 Å². The summed E-state index contributed by atoms with van der Waals surface area (Å²) >= 11 is 0. The number of nitrogens with two attached hydrogens (primary N) is 1. The van der Waals surface area contributed by atoms with Gasteiger partial charge in [-0.15, -0.1) is 0 Å². The maximum atomic E-state index is 11.7. The van der Waals surface area contributed by atoms with Gasteiger partial charge in [0.1, 0.15) is 5.54 Å². The summed E-state index contributed by atoms with van der Waals surface area (Å²) in [4.78, 5) is 11.7. The molecule has 1 aromatic rings. The number of benzene rings is 1. The highest BCUT2D eigenvalue weighted by Crippen LogP contribution is 2.43. The normalized spacial score (nSPS) is 18.8. The van der Waals surface area contributed by atoms with Crippen molar-refractivity contribution in [1.82, 2.24) is 0 Å². The molecule has 1 aliphatic carbocycles. The molecular formula is C13H18N2O. The smallest absolute Gasteiger partial charge is 0.243 e. The first kappa shape index (κ1) is 11.0. The second-order valence-electron chi connectivity index (χ2n) is 4.45. The van der Waals surface area contributed by atoms with Gasteiger partial charge in [-0.1, -0.05) is 25.1 Å². The molecule has 1 aromatic carbocycles. The Kier molecular flexibility index (Phi) is 2.86. The van der Waals surface area contributed by atoms with Crippen LogP contribution < -0.4 is 11.1 Å². The van der Waals surface area contributed by atoms with Crippen molar-refractivity contribution >= 4 is 11.6 Å². The van der Waals surface area contributed by atoms with Crippen molar-refractivity contribution in [2.24, 2.45) is 11.7 Å². The predicted molar refractivity (Wildman–Crippen MR) is 65.0 cm³/mol. The fraction of sp³-hybridized carbons (Fsp3) is 0.462. The van der Waals surface area contributed by atoms with E-state index in [4.69, 9.17) is 5.73 Å². The van der Waals surface area contributed by atoms with E-state index in [1.54, 1.807) is 0 Å². The highest BCUT2D eigenvalue weighted by Gasteiger charge is 2.48. The molecule has 0 aliphatic heterocycles. The molecule has 3 nitrogen and oxygen atoms in total. The van der Waals surface area contributed by atoms with Crippen LogP contribution in [0.5, 0.6) is 0 Å². The van der Waals surface area contributed by atoms with E-state index < -0.39 is 5.54 Å². The van der Waals surface area contributed by atoms with Crippen LogP contribution in [0.15, 0.2) is 30.3 Å². The number of carbonyl (C=O) groups excluding carboxylic acids is 1. The third-order valence-electron chi connectivity index (χ3n) is 3.41. The molecule has 0 heterocycles. The van der Waals surface area contributed by atoms with Crippen LogP contribution in [0.3, 0.4) is 0 Å². The van der Waals surface area contributed by atoms with Gasteiger partial charge >= 0.3 is 0 Å². The molecule has 0 aromatic heterocycles. The molecule has 0 bridgehead atoms. The number of nitrogens with one attached hydrogen (secondary N) is 1. The van der Waals surface area contributed by atoms with E-state index >= 15 is 0 Å². The molecule has 1 amide bonds. The van der Waals surface area contributed by atoms with Crippen LogP contribution in [0, 0.1) is 5.92 Å². The summed E-state index contributed by atoms with van der Waals surface area (Å²) in [6, 6.07) is 9.80. The Bertz CT molecular complexity index is 373. The van der Waals surface area contributed by atoms with Gasteiger partial charge in [-0.25, -0.2) is 0 Å². The van der Waals surface area contributed by atoms with E-state index in [1.807, 2.05) is 37.3 Å². The Balaban J connectivity index is 2.23. The van der Waals surface area contributed by atoms with Crippen molar-refractivity contribution in [3.63, 3.8) is 0 Å². The maximum absolute atomic E-state index is 11.7. The van der Waals surface area contributed by atoms with Gasteiger partial charge in [0.05, 0.1) is 0 Å². The van der Waals surface area contributed by atoms with Crippen molar-refractivity contribution in [2.75, 3.05) is 5.32 Å². The number of para-hydroxylation sites is 1. The number of amides is 1. The van der Waals surface area contributed by atoms with E-state index in [9.17, 15) is 4.79 Å². The van der Waals surface area contributed by atoms with Gasteiger partial charge in [-0.2, -0.15) is 0 Å². The summed E-state index contributed by atoms with van der Waals surface area (Å²) in [5.74, 6) is 0.163. The van der Waals surface area contributed by atoms with E-state index in [2.05, 4.69) is 5.32 Å². The molecule has 16 heavy (non-hydrogen) atoms.